The highest BCUT2D eigenvalue weighted by atomic mass is 32.1. The van der Waals surface area contributed by atoms with Crippen molar-refractivity contribution in [3.8, 4) is 5.75 Å². The molecule has 24 heavy (non-hydrogen) atoms. The molecule has 0 spiro atoms. The summed E-state index contributed by atoms with van der Waals surface area (Å²) in [4.78, 5) is 16.9. The van der Waals surface area contributed by atoms with E-state index in [0.717, 1.165) is 21.5 Å². The molecule has 0 unspecified atom stereocenters. The number of hydrogen-bond acceptors (Lipinski definition) is 4. The molecule has 0 saturated heterocycles. The molecule has 0 aliphatic rings. The molecule has 0 aliphatic heterocycles. The average Bonchev–Trinajstić information content (AvgIpc) is 2.96. The van der Waals surface area contributed by atoms with Crippen molar-refractivity contribution in [1.29, 1.82) is 0 Å². The molecule has 1 N–H and O–H groups in total. The molecule has 1 heterocycles. The molecule has 0 bridgehead atoms. The Bertz CT molecular complexity index is 871. The molecule has 0 radical (unpaired) electrons. The van der Waals surface area contributed by atoms with E-state index in [0.29, 0.717) is 17.5 Å². The van der Waals surface area contributed by atoms with Crippen LogP contribution in [0.2, 0.25) is 0 Å². The fraction of sp³-hybridized carbons (Fsp3) is 0.263. The molecular weight excluding hydrogens is 320 g/mol. The number of anilines is 1. The number of carbonyl (C=O) groups is 1. The minimum Gasteiger partial charge on any atom is -0.497 e. The van der Waals surface area contributed by atoms with Crippen LogP contribution in [0.4, 0.5) is 5.13 Å². The Balaban J connectivity index is 1.77. The molecule has 2 aromatic carbocycles. The number of aromatic nitrogens is 1. The second kappa shape index (κ2) is 7.01. The summed E-state index contributed by atoms with van der Waals surface area (Å²) in [5.74, 6) is 1.08. The zero-order chi connectivity index (χ0) is 17.1. The van der Waals surface area contributed by atoms with Crippen LogP contribution in [0.3, 0.4) is 0 Å². The number of hydrogen-bond donors (Lipinski definition) is 1. The molecule has 4 nitrogen and oxygen atoms in total. The number of methoxy groups -OCH3 is 1. The van der Waals surface area contributed by atoms with E-state index in [9.17, 15) is 4.79 Å². The molecule has 3 aromatic rings. The van der Waals surface area contributed by atoms with E-state index in [1.807, 2.05) is 36.4 Å². The first-order valence-corrected chi connectivity index (χ1v) is 8.70. The van der Waals surface area contributed by atoms with Crippen LogP contribution in [0.25, 0.3) is 10.2 Å². The Morgan fingerprint density at radius 2 is 2.04 bits per heavy atom. The lowest BCUT2D eigenvalue weighted by Crippen LogP contribution is -2.14. The van der Waals surface area contributed by atoms with E-state index in [2.05, 4.69) is 30.2 Å². The minimum atomic E-state index is -0.0755. The van der Waals surface area contributed by atoms with Crippen LogP contribution in [0.15, 0.2) is 42.5 Å². The Morgan fingerprint density at radius 1 is 1.25 bits per heavy atom. The Morgan fingerprint density at radius 3 is 2.79 bits per heavy atom. The van der Waals surface area contributed by atoms with Crippen LogP contribution >= 0.6 is 11.3 Å². The molecule has 124 valence electrons. The van der Waals surface area contributed by atoms with E-state index < -0.39 is 0 Å². The second-order valence-corrected chi connectivity index (χ2v) is 6.97. The third-order valence-electron chi connectivity index (χ3n) is 3.82. The number of fused-ring (bicyclic) bond motifs is 1. The zero-order valence-corrected chi connectivity index (χ0v) is 14.8. The molecular formula is C19H20N2O2S. The van der Waals surface area contributed by atoms with Gasteiger partial charge in [0.15, 0.2) is 5.13 Å². The molecule has 0 fully saturated rings. The van der Waals surface area contributed by atoms with Crippen LogP contribution in [0, 0.1) is 0 Å². The van der Waals surface area contributed by atoms with Gasteiger partial charge in [0.05, 0.1) is 23.7 Å². The maximum absolute atomic E-state index is 12.3. The summed E-state index contributed by atoms with van der Waals surface area (Å²) >= 11 is 1.51. The van der Waals surface area contributed by atoms with Crippen LogP contribution in [-0.4, -0.2) is 18.0 Å². The third-order valence-corrected chi connectivity index (χ3v) is 4.75. The van der Waals surface area contributed by atoms with Crippen molar-refractivity contribution in [2.75, 3.05) is 12.4 Å². The summed E-state index contributed by atoms with van der Waals surface area (Å²) in [6.45, 7) is 4.30. The highest BCUT2D eigenvalue weighted by Crippen LogP contribution is 2.31. The predicted octanol–water partition coefficient (Wildman–Crippen LogP) is 4.61. The van der Waals surface area contributed by atoms with E-state index in [-0.39, 0.29) is 5.91 Å². The largest absolute Gasteiger partial charge is 0.497 e. The van der Waals surface area contributed by atoms with Gasteiger partial charge in [-0.3, -0.25) is 4.79 Å². The van der Waals surface area contributed by atoms with Gasteiger partial charge in [-0.05, 0) is 35.2 Å². The predicted molar refractivity (Wildman–Crippen MR) is 99.0 cm³/mol. The molecule has 3 rings (SSSR count). The van der Waals surface area contributed by atoms with Gasteiger partial charge >= 0.3 is 0 Å². The van der Waals surface area contributed by atoms with Gasteiger partial charge in [0, 0.05) is 0 Å². The van der Waals surface area contributed by atoms with Crippen molar-refractivity contribution >= 4 is 32.6 Å². The quantitative estimate of drug-likeness (QED) is 0.738. The average molecular weight is 340 g/mol. The number of benzene rings is 2. The fourth-order valence-corrected chi connectivity index (χ4v) is 3.54. The Labute approximate surface area is 145 Å². The zero-order valence-electron chi connectivity index (χ0n) is 14.0. The molecule has 0 saturated carbocycles. The number of carbonyl (C=O) groups excluding carboxylic acids is 1. The third kappa shape index (κ3) is 3.57. The van der Waals surface area contributed by atoms with Gasteiger partial charge in [0.25, 0.3) is 0 Å². The number of thiazole rings is 1. The van der Waals surface area contributed by atoms with Gasteiger partial charge in [-0.25, -0.2) is 4.98 Å². The van der Waals surface area contributed by atoms with E-state index in [1.165, 1.54) is 16.9 Å². The van der Waals surface area contributed by atoms with E-state index in [4.69, 9.17) is 4.74 Å². The van der Waals surface area contributed by atoms with E-state index >= 15 is 0 Å². The van der Waals surface area contributed by atoms with Gasteiger partial charge in [0.1, 0.15) is 5.75 Å². The number of ether oxygens (including phenoxy) is 1. The number of nitrogens with zero attached hydrogens (tertiary/aromatic N) is 1. The highest BCUT2D eigenvalue weighted by Gasteiger charge is 2.12. The second-order valence-electron chi connectivity index (χ2n) is 5.94. The Hall–Kier alpha value is -2.40. The normalized spacial score (nSPS) is 11.0. The Kier molecular flexibility index (Phi) is 4.81. The van der Waals surface area contributed by atoms with E-state index in [1.54, 1.807) is 7.11 Å². The van der Waals surface area contributed by atoms with Crippen LogP contribution in [0.1, 0.15) is 30.9 Å². The number of nitrogens with one attached hydrogen (secondary N) is 1. The minimum absolute atomic E-state index is 0.0755. The summed E-state index contributed by atoms with van der Waals surface area (Å²) < 4.78 is 6.28. The molecule has 5 heteroatoms. The number of amides is 1. The number of rotatable bonds is 5. The van der Waals surface area contributed by atoms with Crippen LogP contribution in [0.5, 0.6) is 5.75 Å². The lowest BCUT2D eigenvalue weighted by atomic mass is 10.0. The lowest BCUT2D eigenvalue weighted by Gasteiger charge is -2.05. The van der Waals surface area contributed by atoms with Gasteiger partial charge in [-0.15, -0.1) is 0 Å². The first kappa shape index (κ1) is 16.5. The van der Waals surface area contributed by atoms with Gasteiger partial charge < -0.3 is 10.1 Å². The molecule has 1 aromatic heterocycles. The van der Waals surface area contributed by atoms with Crippen LogP contribution < -0.4 is 10.1 Å². The summed E-state index contributed by atoms with van der Waals surface area (Å²) in [6.07, 6.45) is 0.296. The van der Waals surface area contributed by atoms with Gasteiger partial charge in [-0.2, -0.15) is 0 Å². The summed E-state index contributed by atoms with van der Waals surface area (Å²) in [5, 5.41) is 3.56. The summed E-state index contributed by atoms with van der Waals surface area (Å²) in [5.41, 5.74) is 3.10. The fourth-order valence-electron chi connectivity index (χ4n) is 2.62. The topological polar surface area (TPSA) is 51.2 Å². The van der Waals surface area contributed by atoms with Crippen molar-refractivity contribution in [1.82, 2.24) is 4.98 Å². The van der Waals surface area contributed by atoms with Crippen molar-refractivity contribution in [2.24, 2.45) is 0 Å². The molecule has 1 amide bonds. The van der Waals surface area contributed by atoms with Crippen LogP contribution in [-0.2, 0) is 11.2 Å². The number of para-hydroxylation sites is 1. The first-order valence-electron chi connectivity index (χ1n) is 7.89. The summed E-state index contributed by atoms with van der Waals surface area (Å²) in [7, 11) is 1.62. The smallest absolute Gasteiger partial charge is 0.230 e. The van der Waals surface area contributed by atoms with Gasteiger partial charge in [0.2, 0.25) is 5.91 Å². The SMILES string of the molecule is COc1cccc(CC(=O)Nc2nc3c(C(C)C)cccc3s2)c1. The standard InChI is InChI=1S/C19H20N2O2S/c1-12(2)15-8-5-9-16-18(15)21-19(24-16)20-17(22)11-13-6-4-7-14(10-13)23-3/h4-10,12H,11H2,1-3H3,(H,20,21,22). The monoisotopic (exact) mass is 340 g/mol. The molecule has 0 atom stereocenters. The van der Waals surface area contributed by atoms with Gasteiger partial charge in [-0.1, -0.05) is 49.4 Å². The van der Waals surface area contributed by atoms with Crippen molar-refractivity contribution in [3.05, 3.63) is 53.6 Å². The van der Waals surface area contributed by atoms with Crippen molar-refractivity contribution in [3.63, 3.8) is 0 Å². The van der Waals surface area contributed by atoms with Crippen molar-refractivity contribution in [2.45, 2.75) is 26.2 Å². The summed E-state index contributed by atoms with van der Waals surface area (Å²) in [6, 6.07) is 13.7. The van der Waals surface area contributed by atoms with Crippen molar-refractivity contribution < 1.29 is 9.53 Å². The lowest BCUT2D eigenvalue weighted by molar-refractivity contribution is -0.115. The molecule has 0 aliphatic carbocycles. The maximum Gasteiger partial charge on any atom is 0.230 e. The highest BCUT2D eigenvalue weighted by molar-refractivity contribution is 7.22. The first-order chi connectivity index (χ1) is 11.6. The maximum atomic E-state index is 12.3.